The van der Waals surface area contributed by atoms with Gasteiger partial charge in [-0.05, 0) is 36.7 Å². The van der Waals surface area contributed by atoms with Gasteiger partial charge in [0.25, 0.3) is 5.91 Å². The van der Waals surface area contributed by atoms with E-state index in [0.29, 0.717) is 11.6 Å². The van der Waals surface area contributed by atoms with Gasteiger partial charge in [-0.2, -0.15) is 4.37 Å². The van der Waals surface area contributed by atoms with Crippen molar-refractivity contribution in [3.63, 3.8) is 0 Å². The van der Waals surface area contributed by atoms with Crippen LogP contribution in [0.1, 0.15) is 29.6 Å². The number of hydrogen-bond donors (Lipinski definition) is 2. The summed E-state index contributed by atoms with van der Waals surface area (Å²) in [6, 6.07) is 0.558. The molecule has 2 heterocycles. The van der Waals surface area contributed by atoms with Gasteiger partial charge in [0.2, 0.25) is 0 Å². The van der Waals surface area contributed by atoms with Crippen LogP contribution < -0.4 is 16.4 Å². The number of fused-ring (bicyclic) bond motifs is 2. The second-order valence-corrected chi connectivity index (χ2v) is 5.35. The molecule has 1 aromatic rings. The fourth-order valence-corrected chi connectivity index (χ4v) is 3.80. The summed E-state index contributed by atoms with van der Waals surface area (Å²) < 4.78 is 4.04. The molecule has 1 aliphatic carbocycles. The van der Waals surface area contributed by atoms with Crippen LogP contribution in [0.25, 0.3) is 0 Å². The van der Waals surface area contributed by atoms with E-state index >= 15 is 0 Å². The lowest BCUT2D eigenvalue weighted by Crippen LogP contribution is -2.32. The highest BCUT2D eigenvalue weighted by Gasteiger charge is 2.40. The van der Waals surface area contributed by atoms with E-state index in [-0.39, 0.29) is 5.82 Å². The quantitative estimate of drug-likeness (QED) is 0.798. The number of hydrogen-bond acceptors (Lipinski definition) is 5. The first-order valence-electron chi connectivity index (χ1n) is 5.48. The second kappa shape index (κ2) is 3.35. The highest BCUT2D eigenvalue weighted by Crippen LogP contribution is 2.43. The van der Waals surface area contributed by atoms with E-state index in [0.717, 1.165) is 17.5 Å². The third-order valence-electron chi connectivity index (χ3n) is 3.62. The summed E-state index contributed by atoms with van der Waals surface area (Å²) >= 11 is 1.29. The van der Waals surface area contributed by atoms with Crippen molar-refractivity contribution in [1.29, 1.82) is 0 Å². The number of anilines is 2. The number of carbonyl (C=O) groups is 1. The number of nitrogens with zero attached hydrogens (tertiary/aromatic N) is 2. The Hall–Kier alpha value is -1.30. The summed E-state index contributed by atoms with van der Waals surface area (Å²) in [5.74, 6) is 0.577. The van der Waals surface area contributed by atoms with Crippen LogP contribution >= 0.6 is 11.5 Å². The molecule has 6 heteroatoms. The SMILES string of the molecule is NC(=O)c1c(N)nsc1N1CC2CCC1C2. The van der Waals surface area contributed by atoms with E-state index in [1.807, 2.05) is 0 Å². The van der Waals surface area contributed by atoms with Crippen LogP contribution in [0.3, 0.4) is 0 Å². The molecule has 5 nitrogen and oxygen atoms in total. The molecule has 86 valence electrons. The molecule has 0 radical (unpaired) electrons. The fourth-order valence-electron chi connectivity index (χ4n) is 2.89. The topological polar surface area (TPSA) is 85.2 Å². The number of primary amides is 1. The summed E-state index contributed by atoms with van der Waals surface area (Å²) in [4.78, 5) is 13.6. The Balaban J connectivity index is 1.98. The maximum atomic E-state index is 11.3. The Labute approximate surface area is 97.6 Å². The van der Waals surface area contributed by atoms with Crippen LogP contribution in [0.4, 0.5) is 10.8 Å². The molecule has 2 aliphatic rings. The molecule has 1 saturated carbocycles. The molecule has 3 rings (SSSR count). The van der Waals surface area contributed by atoms with Crippen molar-refractivity contribution in [3.05, 3.63) is 5.56 Å². The monoisotopic (exact) mass is 238 g/mol. The molecule has 4 N–H and O–H groups in total. The molecule has 1 saturated heterocycles. The van der Waals surface area contributed by atoms with Gasteiger partial charge in [0.15, 0.2) is 5.82 Å². The largest absolute Gasteiger partial charge is 0.382 e. The molecule has 1 aromatic heterocycles. The van der Waals surface area contributed by atoms with Gasteiger partial charge in [-0.15, -0.1) is 0 Å². The van der Waals surface area contributed by atoms with Gasteiger partial charge in [0.05, 0.1) is 0 Å². The predicted molar refractivity (Wildman–Crippen MR) is 63.5 cm³/mol. The van der Waals surface area contributed by atoms with Crippen LogP contribution in [0.5, 0.6) is 0 Å². The number of aromatic nitrogens is 1. The normalized spacial score (nSPS) is 27.6. The van der Waals surface area contributed by atoms with Crippen LogP contribution in [-0.2, 0) is 0 Å². The molecule has 2 unspecified atom stereocenters. The molecule has 1 aliphatic heterocycles. The van der Waals surface area contributed by atoms with Crippen molar-refractivity contribution in [2.45, 2.75) is 25.3 Å². The van der Waals surface area contributed by atoms with Crippen LogP contribution in [0.2, 0.25) is 0 Å². The fraction of sp³-hybridized carbons (Fsp3) is 0.600. The van der Waals surface area contributed by atoms with Crippen LogP contribution in [0, 0.1) is 5.92 Å². The standard InChI is InChI=1S/C10H14N4OS/c11-8-7(9(12)15)10(16-13-8)14-4-5-1-2-6(14)3-5/h5-6H,1-4H2,(H2,11,13)(H2,12,15). The third-order valence-corrected chi connectivity index (χ3v) is 4.52. The average molecular weight is 238 g/mol. The van der Waals surface area contributed by atoms with Crippen LogP contribution in [-0.4, -0.2) is 22.9 Å². The van der Waals surface area contributed by atoms with Crippen molar-refractivity contribution in [3.8, 4) is 0 Å². The number of nitrogens with two attached hydrogens (primary N) is 2. The van der Waals surface area contributed by atoms with Gasteiger partial charge in [0.1, 0.15) is 10.6 Å². The van der Waals surface area contributed by atoms with Crippen molar-refractivity contribution < 1.29 is 4.79 Å². The first-order chi connectivity index (χ1) is 7.66. The molecule has 2 bridgehead atoms. The minimum absolute atomic E-state index is 0.273. The predicted octanol–water partition coefficient (Wildman–Crippen LogP) is 0.813. The lowest BCUT2D eigenvalue weighted by Gasteiger charge is -2.27. The molecule has 16 heavy (non-hydrogen) atoms. The van der Waals surface area contributed by atoms with E-state index in [1.54, 1.807) is 0 Å². The smallest absolute Gasteiger partial charge is 0.255 e. The third kappa shape index (κ3) is 1.29. The van der Waals surface area contributed by atoms with Gasteiger partial charge in [0, 0.05) is 12.6 Å². The zero-order valence-electron chi connectivity index (χ0n) is 8.85. The van der Waals surface area contributed by atoms with E-state index in [2.05, 4.69) is 9.27 Å². The first-order valence-corrected chi connectivity index (χ1v) is 6.25. The molecule has 0 spiro atoms. The zero-order valence-corrected chi connectivity index (χ0v) is 9.67. The number of amides is 1. The molecular weight excluding hydrogens is 224 g/mol. The van der Waals surface area contributed by atoms with E-state index in [9.17, 15) is 4.79 Å². The second-order valence-electron chi connectivity index (χ2n) is 4.60. The van der Waals surface area contributed by atoms with Crippen molar-refractivity contribution in [2.75, 3.05) is 17.2 Å². The minimum atomic E-state index is -0.468. The summed E-state index contributed by atoms with van der Waals surface area (Å²) in [5.41, 5.74) is 11.4. The highest BCUT2D eigenvalue weighted by atomic mass is 32.1. The lowest BCUT2D eigenvalue weighted by molar-refractivity contribution is 0.100. The van der Waals surface area contributed by atoms with Crippen LogP contribution in [0.15, 0.2) is 0 Å². The van der Waals surface area contributed by atoms with Gasteiger partial charge < -0.3 is 16.4 Å². The number of carbonyl (C=O) groups excluding carboxylic acids is 1. The molecule has 0 aromatic carbocycles. The Kier molecular flexibility index (Phi) is 2.07. The van der Waals surface area contributed by atoms with E-state index in [1.165, 1.54) is 30.8 Å². The number of rotatable bonds is 2. The Morgan fingerprint density at radius 1 is 1.50 bits per heavy atom. The van der Waals surface area contributed by atoms with E-state index < -0.39 is 5.91 Å². The Morgan fingerprint density at radius 2 is 2.31 bits per heavy atom. The van der Waals surface area contributed by atoms with E-state index in [4.69, 9.17) is 11.5 Å². The number of piperidine rings is 1. The van der Waals surface area contributed by atoms with Gasteiger partial charge in [-0.1, -0.05) is 0 Å². The average Bonchev–Trinajstić information content (AvgIpc) is 2.89. The van der Waals surface area contributed by atoms with Crippen molar-refractivity contribution >= 4 is 28.3 Å². The zero-order chi connectivity index (χ0) is 11.3. The van der Waals surface area contributed by atoms with Gasteiger partial charge in [-0.25, -0.2) is 0 Å². The maximum absolute atomic E-state index is 11.3. The van der Waals surface area contributed by atoms with Crippen molar-refractivity contribution in [2.24, 2.45) is 11.7 Å². The molecular formula is C10H14N4OS. The molecule has 2 fully saturated rings. The lowest BCUT2D eigenvalue weighted by atomic mass is 10.1. The highest BCUT2D eigenvalue weighted by molar-refractivity contribution is 7.11. The Bertz CT molecular complexity index is 444. The summed E-state index contributed by atoms with van der Waals surface area (Å²) in [6.07, 6.45) is 3.75. The number of nitrogen functional groups attached to an aromatic ring is 1. The maximum Gasteiger partial charge on any atom is 0.255 e. The summed E-state index contributed by atoms with van der Waals surface area (Å²) in [6.45, 7) is 1.02. The summed E-state index contributed by atoms with van der Waals surface area (Å²) in [7, 11) is 0. The van der Waals surface area contributed by atoms with Gasteiger partial charge in [-0.3, -0.25) is 4.79 Å². The summed E-state index contributed by atoms with van der Waals surface area (Å²) in [5, 5.41) is 0.872. The minimum Gasteiger partial charge on any atom is -0.382 e. The molecule has 1 amide bonds. The van der Waals surface area contributed by atoms with Crippen molar-refractivity contribution in [1.82, 2.24) is 4.37 Å². The first kappa shape index (κ1) is 9.89. The van der Waals surface area contributed by atoms with Gasteiger partial charge >= 0.3 is 0 Å². The Morgan fingerprint density at radius 3 is 2.88 bits per heavy atom. The molecule has 2 atom stereocenters.